The van der Waals surface area contributed by atoms with Crippen LogP contribution in [0.3, 0.4) is 0 Å². The molecule has 11 rings (SSSR count). The zero-order chi connectivity index (χ0) is 48.8. The molecule has 6 aliphatic heterocycles. The van der Waals surface area contributed by atoms with Crippen LogP contribution in [-0.2, 0) is 51.9 Å². The molecule has 5 aromatic rings. The Labute approximate surface area is 415 Å². The molecule has 4 N–H and O–H groups in total. The maximum absolute atomic E-state index is 13.4. The average molecular weight is 1020 g/mol. The number of rotatable bonds is 14. The second-order valence-corrected chi connectivity index (χ2v) is 20.7. The Morgan fingerprint density at radius 3 is 1.84 bits per heavy atom. The molecule has 2 aromatic heterocycles. The van der Waals surface area contributed by atoms with E-state index >= 15 is 0 Å². The lowest BCUT2D eigenvalue weighted by Crippen LogP contribution is -2.70. The van der Waals surface area contributed by atoms with E-state index in [1.807, 2.05) is 41.1 Å². The number of nitrogens with one attached hydrogen (secondary N) is 2. The summed E-state index contributed by atoms with van der Waals surface area (Å²) in [6, 6.07) is 23.3. The predicted octanol–water partition coefficient (Wildman–Crippen LogP) is 5.39. The fraction of sp³-hybridized carbons (Fsp3) is 0.245. The maximum atomic E-state index is 13.4. The van der Waals surface area contributed by atoms with Crippen molar-refractivity contribution in [2.75, 3.05) is 31.8 Å². The normalized spacial score (nSPS) is 22.4. The van der Waals surface area contributed by atoms with Crippen molar-refractivity contribution in [2.24, 2.45) is 0 Å². The summed E-state index contributed by atoms with van der Waals surface area (Å²) in [5.41, 5.74) is 1.08. The number of aliphatic carboxylic acids is 2. The summed E-state index contributed by atoms with van der Waals surface area (Å²) >= 11 is 5.83. The van der Waals surface area contributed by atoms with Crippen LogP contribution < -0.4 is 24.8 Å². The predicted molar refractivity (Wildman–Crippen MR) is 258 cm³/mol. The summed E-state index contributed by atoms with van der Waals surface area (Å²) in [7, 11) is 1.66. The van der Waals surface area contributed by atoms with Gasteiger partial charge in [-0.3, -0.25) is 24.2 Å². The van der Waals surface area contributed by atoms with Crippen molar-refractivity contribution >= 4 is 88.1 Å². The molecule has 17 nitrogen and oxygen atoms in total. The van der Waals surface area contributed by atoms with Gasteiger partial charge in [0, 0.05) is 67.7 Å². The summed E-state index contributed by atoms with van der Waals surface area (Å²) in [5.74, 6) is -2.45. The van der Waals surface area contributed by atoms with Gasteiger partial charge in [0.1, 0.15) is 76.7 Å². The monoisotopic (exact) mass is 1020 g/mol. The Morgan fingerprint density at radius 2 is 1.30 bits per heavy atom. The zero-order valence-corrected chi connectivity index (χ0v) is 40.0. The lowest BCUT2D eigenvalue weighted by Gasteiger charge is -2.49. The number of esters is 1. The molecule has 5 atom stereocenters. The van der Waals surface area contributed by atoms with Crippen molar-refractivity contribution in [2.45, 2.75) is 41.3 Å². The van der Waals surface area contributed by atoms with E-state index in [9.17, 15) is 43.8 Å². The molecule has 0 radical (unpaired) electrons. The molecule has 0 saturated carbocycles. The number of thiophene rings is 2. The lowest BCUT2D eigenvalue weighted by atomic mass is 9.77. The first kappa shape index (κ1) is 46.8. The Hall–Kier alpha value is -6.91. The smallest absolute Gasteiger partial charge is 0.352 e. The molecule has 6 aliphatic rings. The van der Waals surface area contributed by atoms with Gasteiger partial charge in [0.05, 0.1) is 12.0 Å². The van der Waals surface area contributed by atoms with Gasteiger partial charge in [-0.15, -0.1) is 46.2 Å². The molecule has 0 aliphatic carbocycles. The molecule has 0 bridgehead atoms. The molecule has 3 amide bonds. The fourth-order valence-corrected chi connectivity index (χ4v) is 13.3. The van der Waals surface area contributed by atoms with Crippen LogP contribution in [0.1, 0.15) is 36.8 Å². The fourth-order valence-electron chi connectivity index (χ4n) is 9.19. The van der Waals surface area contributed by atoms with Gasteiger partial charge >= 0.3 is 17.9 Å². The van der Waals surface area contributed by atoms with Crippen molar-refractivity contribution in [1.29, 1.82) is 0 Å². The van der Waals surface area contributed by atoms with E-state index in [1.165, 1.54) is 44.7 Å². The number of hydrogen-bond donors (Lipinski definition) is 4. The summed E-state index contributed by atoms with van der Waals surface area (Å²) in [5, 5.41) is 29.0. The highest BCUT2D eigenvalue weighted by molar-refractivity contribution is 8.00. The van der Waals surface area contributed by atoms with Crippen molar-refractivity contribution in [1.82, 2.24) is 20.4 Å². The van der Waals surface area contributed by atoms with Crippen LogP contribution >= 0.6 is 46.2 Å². The summed E-state index contributed by atoms with van der Waals surface area (Å²) in [4.78, 5) is 91.4. The van der Waals surface area contributed by atoms with E-state index in [4.69, 9.17) is 18.9 Å². The third-order valence-corrected chi connectivity index (χ3v) is 16.8. The number of nitrogens with zero attached hydrogens (tertiary/aromatic N) is 2. The Bertz CT molecular complexity index is 3050. The van der Waals surface area contributed by atoms with E-state index < -0.39 is 46.9 Å². The lowest BCUT2D eigenvalue weighted by molar-refractivity contribution is -0.150. The Morgan fingerprint density at radius 1 is 0.743 bits per heavy atom. The van der Waals surface area contributed by atoms with Gasteiger partial charge in [0.2, 0.25) is 11.8 Å². The van der Waals surface area contributed by atoms with Crippen LogP contribution in [0.4, 0.5) is 0 Å². The van der Waals surface area contributed by atoms with Gasteiger partial charge in [0.25, 0.3) is 5.91 Å². The van der Waals surface area contributed by atoms with Crippen LogP contribution in [0.15, 0.2) is 118 Å². The molecule has 2 fully saturated rings. The highest BCUT2D eigenvalue weighted by Crippen LogP contribution is 2.57. The minimum atomic E-state index is -1.43. The van der Waals surface area contributed by atoms with Crippen LogP contribution in [0.5, 0.6) is 23.0 Å². The van der Waals surface area contributed by atoms with Crippen molar-refractivity contribution < 1.29 is 62.7 Å². The number of benzene rings is 3. The van der Waals surface area contributed by atoms with Crippen molar-refractivity contribution in [3.63, 3.8) is 0 Å². The summed E-state index contributed by atoms with van der Waals surface area (Å²) in [6.45, 7) is -0.296. The number of carboxylic acid groups (broad SMARTS) is 2. The maximum Gasteiger partial charge on any atom is 0.352 e. The minimum absolute atomic E-state index is 0.0955. The number of carboxylic acids is 2. The molecular formula is C49H40N4O13S4. The molecule has 358 valence electrons. The van der Waals surface area contributed by atoms with Crippen LogP contribution in [0.25, 0.3) is 0 Å². The third kappa shape index (κ3) is 8.19. The molecular weight excluding hydrogens is 981 g/mol. The number of hydrogen-bond acceptors (Lipinski definition) is 16. The molecule has 2 saturated heterocycles. The molecule has 70 heavy (non-hydrogen) atoms. The van der Waals surface area contributed by atoms with Gasteiger partial charge in [-0.1, -0.05) is 30.3 Å². The zero-order valence-electron chi connectivity index (χ0n) is 36.8. The molecule has 5 unspecified atom stereocenters. The average Bonchev–Trinajstić information content (AvgIpc) is 4.14. The van der Waals surface area contributed by atoms with E-state index in [-0.39, 0.29) is 65.5 Å². The minimum Gasteiger partial charge on any atom is -0.489 e. The third-order valence-electron chi connectivity index (χ3n) is 12.4. The first-order valence-corrected chi connectivity index (χ1v) is 25.6. The highest BCUT2D eigenvalue weighted by atomic mass is 32.2. The number of likely N-dealkylation sites (N-methyl/N-ethyl adjacent to an activating group) is 1. The number of thioether (sulfide) groups is 2. The van der Waals surface area contributed by atoms with Crippen LogP contribution in [0.2, 0.25) is 0 Å². The number of ether oxygens (including phenoxy) is 4. The Balaban J connectivity index is 0.000000647. The SMILES string of the molecule is CNC1C(=O)N2C(C(=O)O)=C(COc3ccc4c(c3)Oc3cc(OCC5=C(C(=O)O)N6C(=O)C(NC(=O)Cc7cccs7)C6SC5)ccc3C43OC(=O)c4ccccc43)CSC12.O=CCc1cccs1. The van der Waals surface area contributed by atoms with Crippen LogP contribution in [-0.4, -0.2) is 117 Å². The summed E-state index contributed by atoms with van der Waals surface area (Å²) < 4.78 is 25.1. The topological polar surface area (TPSA) is 227 Å². The van der Waals surface area contributed by atoms with Gasteiger partial charge < -0.3 is 44.6 Å². The van der Waals surface area contributed by atoms with Crippen molar-refractivity contribution in [3.8, 4) is 23.0 Å². The van der Waals surface area contributed by atoms with Gasteiger partial charge in [-0.05, 0) is 60.3 Å². The highest BCUT2D eigenvalue weighted by Gasteiger charge is 2.56. The first-order valence-electron chi connectivity index (χ1n) is 21.7. The van der Waals surface area contributed by atoms with Gasteiger partial charge in [-0.2, -0.15) is 0 Å². The standard InChI is InChI=1S/C43H34N4O12S3.C6H6OS/c1-44-32-36(49)46-34(40(51)52)20(18-61-38(32)46)16-56-22-8-10-27-29(13-22)58-30-14-23(9-11-28(30)43(27)26-7-3-2-6-25(26)42(55)59-43)57-17-21-19-62-39-33(37(50)47(39)35(21)41(53)54)45-31(48)15-24-5-4-12-60-24;7-4-3-6-2-1-5-8-6/h2-14,32-33,38-39,44H,15-19H2,1H3,(H,45,48)(H,51,52)(H,53,54);1-2,4-5H,3H2. The molecule has 3 aromatic carbocycles. The number of carbonyl (C=O) groups excluding carboxylic acids is 5. The second-order valence-electron chi connectivity index (χ2n) is 16.5. The first-order chi connectivity index (χ1) is 33.9. The number of amides is 3. The number of aldehydes is 1. The number of β-lactam (4-membered cyclic amide) rings is 2. The Kier molecular flexibility index (Phi) is 12.8. The van der Waals surface area contributed by atoms with E-state index in [0.29, 0.717) is 57.1 Å². The number of carbonyl (C=O) groups is 7. The molecule has 1 spiro atoms. The van der Waals surface area contributed by atoms with Crippen molar-refractivity contribution in [3.05, 3.63) is 150 Å². The van der Waals surface area contributed by atoms with E-state index in [1.54, 1.807) is 73.0 Å². The molecule has 21 heteroatoms. The van der Waals surface area contributed by atoms with Gasteiger partial charge in [-0.25, -0.2) is 14.4 Å². The second kappa shape index (κ2) is 19.1. The van der Waals surface area contributed by atoms with E-state index in [2.05, 4.69) is 10.6 Å². The number of fused-ring (bicyclic) bond motifs is 8. The molecule has 8 heterocycles. The van der Waals surface area contributed by atoms with Gasteiger partial charge in [0.15, 0.2) is 5.60 Å². The summed E-state index contributed by atoms with van der Waals surface area (Å²) in [6.07, 6.45) is 1.61. The largest absolute Gasteiger partial charge is 0.489 e. The quantitative estimate of drug-likeness (QED) is 0.0622. The van der Waals surface area contributed by atoms with Crippen LogP contribution in [0, 0.1) is 0 Å². The van der Waals surface area contributed by atoms with E-state index in [0.717, 1.165) is 16.0 Å².